The zero-order valence-electron chi connectivity index (χ0n) is 16.5. The summed E-state index contributed by atoms with van der Waals surface area (Å²) < 4.78 is 6.53. The first kappa shape index (κ1) is 20.1. The second-order valence-electron chi connectivity index (χ2n) is 6.81. The van der Waals surface area contributed by atoms with Crippen molar-refractivity contribution in [1.82, 2.24) is 25.2 Å². The smallest absolute Gasteiger partial charge is 0.255 e. The minimum absolute atomic E-state index is 0.287. The fourth-order valence-electron chi connectivity index (χ4n) is 3.01. The van der Waals surface area contributed by atoms with Gasteiger partial charge in [-0.15, -0.1) is 0 Å². The molecule has 0 unspecified atom stereocenters. The SMILES string of the molecule is Cc1cc(C)n2nc(CCCNC(=O)[C@@H](C)NC(=O)c3ccoc3)c(C#N)c2n1. The van der Waals surface area contributed by atoms with Crippen LogP contribution in [0, 0.1) is 25.2 Å². The molecule has 2 amide bonds. The van der Waals surface area contributed by atoms with Crippen LogP contribution in [0.2, 0.25) is 0 Å². The summed E-state index contributed by atoms with van der Waals surface area (Å²) in [4.78, 5) is 28.5. The van der Waals surface area contributed by atoms with Crippen LogP contribution < -0.4 is 10.6 Å². The van der Waals surface area contributed by atoms with Crippen LogP contribution in [0.4, 0.5) is 0 Å². The second-order valence-corrected chi connectivity index (χ2v) is 6.81. The number of fused-ring (bicyclic) bond motifs is 1. The largest absolute Gasteiger partial charge is 0.472 e. The van der Waals surface area contributed by atoms with Crippen molar-refractivity contribution < 1.29 is 14.0 Å². The van der Waals surface area contributed by atoms with Gasteiger partial charge >= 0.3 is 0 Å². The van der Waals surface area contributed by atoms with E-state index in [1.807, 2.05) is 19.9 Å². The highest BCUT2D eigenvalue weighted by molar-refractivity contribution is 5.97. The highest BCUT2D eigenvalue weighted by atomic mass is 16.3. The Morgan fingerprint density at radius 3 is 2.86 bits per heavy atom. The monoisotopic (exact) mass is 394 g/mol. The highest BCUT2D eigenvalue weighted by Crippen LogP contribution is 2.17. The first-order chi connectivity index (χ1) is 13.9. The molecule has 0 spiro atoms. The summed E-state index contributed by atoms with van der Waals surface area (Å²) in [6.45, 7) is 5.80. The van der Waals surface area contributed by atoms with Crippen LogP contribution in [0.5, 0.6) is 0 Å². The standard InChI is InChI=1S/C20H22N6O3/c1-12-9-13(2)26-18(23-12)16(10-21)17(25-26)5-4-7-22-19(27)14(3)24-20(28)15-6-8-29-11-15/h6,8-9,11,14H,4-5,7H2,1-3H3,(H,22,27)(H,24,28)/t14-/m1/s1. The van der Waals surface area contributed by atoms with E-state index < -0.39 is 6.04 Å². The third-order valence-corrected chi connectivity index (χ3v) is 4.49. The summed E-state index contributed by atoms with van der Waals surface area (Å²) in [5.74, 6) is -0.659. The number of rotatable bonds is 7. The average Bonchev–Trinajstić information content (AvgIpc) is 3.33. The molecule has 3 rings (SSSR count). The Morgan fingerprint density at radius 1 is 1.38 bits per heavy atom. The van der Waals surface area contributed by atoms with Crippen molar-refractivity contribution in [2.45, 2.75) is 39.7 Å². The summed E-state index contributed by atoms with van der Waals surface area (Å²) in [6, 6.07) is 4.94. The van der Waals surface area contributed by atoms with Crippen LogP contribution in [-0.4, -0.2) is 39.0 Å². The lowest BCUT2D eigenvalue weighted by Crippen LogP contribution is -2.45. The summed E-state index contributed by atoms with van der Waals surface area (Å²) in [5, 5.41) is 19.4. The van der Waals surface area contributed by atoms with Crippen LogP contribution in [0.25, 0.3) is 5.65 Å². The number of amides is 2. The lowest BCUT2D eigenvalue weighted by atomic mass is 10.1. The Morgan fingerprint density at radius 2 is 2.17 bits per heavy atom. The number of aromatic nitrogens is 3. The molecular weight excluding hydrogens is 372 g/mol. The predicted octanol–water partition coefficient (Wildman–Crippen LogP) is 1.68. The van der Waals surface area contributed by atoms with E-state index in [1.165, 1.54) is 18.6 Å². The summed E-state index contributed by atoms with van der Waals surface area (Å²) in [6.07, 6.45) is 3.85. The highest BCUT2D eigenvalue weighted by Gasteiger charge is 2.18. The third kappa shape index (κ3) is 4.43. The van der Waals surface area contributed by atoms with E-state index in [0.29, 0.717) is 41.9 Å². The zero-order valence-corrected chi connectivity index (χ0v) is 16.5. The van der Waals surface area contributed by atoms with Gasteiger partial charge in [0, 0.05) is 17.9 Å². The van der Waals surface area contributed by atoms with E-state index in [4.69, 9.17) is 4.42 Å². The molecule has 3 aromatic heterocycles. The quantitative estimate of drug-likeness (QED) is 0.587. The Balaban J connectivity index is 1.54. The van der Waals surface area contributed by atoms with Gasteiger partial charge in [-0.3, -0.25) is 9.59 Å². The van der Waals surface area contributed by atoms with Gasteiger partial charge in [0.25, 0.3) is 5.91 Å². The molecule has 0 aliphatic rings. The van der Waals surface area contributed by atoms with Gasteiger partial charge in [-0.05, 0) is 45.7 Å². The van der Waals surface area contributed by atoms with E-state index in [0.717, 1.165) is 11.4 Å². The van der Waals surface area contributed by atoms with Crippen molar-refractivity contribution in [1.29, 1.82) is 5.26 Å². The van der Waals surface area contributed by atoms with Gasteiger partial charge in [0.2, 0.25) is 5.91 Å². The van der Waals surface area contributed by atoms with Gasteiger partial charge in [0.15, 0.2) is 5.65 Å². The molecule has 1 atom stereocenters. The first-order valence-corrected chi connectivity index (χ1v) is 9.27. The molecular formula is C20H22N6O3. The Hall–Kier alpha value is -3.67. The number of carbonyl (C=O) groups excluding carboxylic acids is 2. The average molecular weight is 394 g/mol. The molecule has 9 heteroatoms. The van der Waals surface area contributed by atoms with E-state index in [-0.39, 0.29) is 11.8 Å². The molecule has 0 aliphatic heterocycles. The Bertz CT molecular complexity index is 1080. The molecule has 150 valence electrons. The van der Waals surface area contributed by atoms with E-state index in [9.17, 15) is 14.9 Å². The van der Waals surface area contributed by atoms with Crippen LogP contribution in [0.1, 0.15) is 46.3 Å². The number of hydrogen-bond acceptors (Lipinski definition) is 6. The normalized spacial score (nSPS) is 11.8. The van der Waals surface area contributed by atoms with Crippen molar-refractivity contribution in [2.75, 3.05) is 6.54 Å². The maximum atomic E-state index is 12.2. The van der Waals surface area contributed by atoms with Crippen LogP contribution in [-0.2, 0) is 11.2 Å². The van der Waals surface area contributed by atoms with Gasteiger partial charge in [-0.1, -0.05) is 0 Å². The number of furan rings is 1. The van der Waals surface area contributed by atoms with Gasteiger partial charge in [-0.2, -0.15) is 10.4 Å². The molecule has 3 aromatic rings. The molecule has 0 saturated carbocycles. The van der Waals surface area contributed by atoms with Crippen molar-refractivity contribution in [3.63, 3.8) is 0 Å². The lowest BCUT2D eigenvalue weighted by Gasteiger charge is -2.13. The maximum absolute atomic E-state index is 12.2. The molecule has 0 radical (unpaired) electrons. The Labute approximate surface area is 167 Å². The fraction of sp³-hybridized carbons (Fsp3) is 0.350. The lowest BCUT2D eigenvalue weighted by molar-refractivity contribution is -0.122. The molecule has 0 fully saturated rings. The maximum Gasteiger partial charge on any atom is 0.255 e. The van der Waals surface area contributed by atoms with E-state index in [1.54, 1.807) is 11.4 Å². The Kier molecular flexibility index (Phi) is 5.93. The minimum atomic E-state index is -0.683. The van der Waals surface area contributed by atoms with Crippen LogP contribution in [0.3, 0.4) is 0 Å². The zero-order chi connectivity index (χ0) is 21.0. The third-order valence-electron chi connectivity index (χ3n) is 4.49. The number of nitrogens with one attached hydrogen (secondary N) is 2. The van der Waals surface area contributed by atoms with Crippen molar-refractivity contribution in [3.8, 4) is 6.07 Å². The molecule has 0 saturated heterocycles. The second kappa shape index (κ2) is 8.56. The van der Waals surface area contributed by atoms with Crippen LogP contribution >= 0.6 is 0 Å². The molecule has 0 aromatic carbocycles. The molecule has 0 aliphatic carbocycles. The fourth-order valence-corrected chi connectivity index (χ4v) is 3.01. The minimum Gasteiger partial charge on any atom is -0.472 e. The first-order valence-electron chi connectivity index (χ1n) is 9.27. The number of hydrogen-bond donors (Lipinski definition) is 2. The molecule has 29 heavy (non-hydrogen) atoms. The number of aryl methyl sites for hydroxylation is 3. The van der Waals surface area contributed by atoms with Crippen molar-refractivity contribution in [3.05, 3.63) is 52.9 Å². The van der Waals surface area contributed by atoms with Gasteiger partial charge < -0.3 is 15.1 Å². The molecule has 0 bridgehead atoms. The number of nitrogens with zero attached hydrogens (tertiary/aromatic N) is 4. The van der Waals surface area contributed by atoms with E-state index in [2.05, 4.69) is 26.8 Å². The van der Waals surface area contributed by atoms with Crippen molar-refractivity contribution in [2.24, 2.45) is 0 Å². The van der Waals surface area contributed by atoms with Crippen LogP contribution in [0.15, 0.2) is 29.1 Å². The molecule has 2 N–H and O–H groups in total. The number of nitriles is 1. The summed E-state index contributed by atoms with van der Waals surface area (Å²) in [7, 11) is 0. The topological polar surface area (TPSA) is 125 Å². The van der Waals surface area contributed by atoms with Gasteiger partial charge in [-0.25, -0.2) is 9.50 Å². The van der Waals surface area contributed by atoms with Crippen molar-refractivity contribution >= 4 is 17.5 Å². The molecule has 9 nitrogen and oxygen atoms in total. The van der Waals surface area contributed by atoms with Gasteiger partial charge in [0.1, 0.15) is 23.9 Å². The van der Waals surface area contributed by atoms with Gasteiger partial charge in [0.05, 0.1) is 17.5 Å². The predicted molar refractivity (Wildman–Crippen MR) is 104 cm³/mol. The number of carbonyl (C=O) groups is 2. The summed E-state index contributed by atoms with van der Waals surface area (Å²) >= 11 is 0. The molecule has 3 heterocycles. The summed E-state index contributed by atoms with van der Waals surface area (Å²) in [5.41, 5.74) is 3.77. The van der Waals surface area contributed by atoms with E-state index >= 15 is 0 Å².